The number of alkyl halides is 2. The number of nitrogens with one attached hydrogen (secondary N) is 1. The van der Waals surface area contributed by atoms with Gasteiger partial charge in [-0.25, -0.2) is 0 Å². The molecular formula is C17H25F2NO. The molecule has 1 N–H and O–H groups in total. The first kappa shape index (κ1) is 16.2. The minimum atomic E-state index is -2.78. The van der Waals surface area contributed by atoms with Crippen molar-refractivity contribution in [3.63, 3.8) is 0 Å². The summed E-state index contributed by atoms with van der Waals surface area (Å²) in [6.45, 7) is 9.37. The van der Waals surface area contributed by atoms with Gasteiger partial charge in [0.2, 0.25) is 0 Å². The van der Waals surface area contributed by atoms with E-state index >= 15 is 0 Å². The van der Waals surface area contributed by atoms with Gasteiger partial charge in [-0.3, -0.25) is 0 Å². The van der Waals surface area contributed by atoms with Gasteiger partial charge >= 0.3 is 6.61 Å². The summed E-state index contributed by atoms with van der Waals surface area (Å²) in [4.78, 5) is 0. The highest BCUT2D eigenvalue weighted by molar-refractivity contribution is 5.30. The molecule has 1 aromatic rings. The van der Waals surface area contributed by atoms with Gasteiger partial charge in [-0.2, -0.15) is 8.78 Å². The van der Waals surface area contributed by atoms with E-state index in [9.17, 15) is 8.78 Å². The number of benzene rings is 1. The second kappa shape index (κ2) is 5.56. The Morgan fingerprint density at radius 3 is 2.33 bits per heavy atom. The van der Waals surface area contributed by atoms with Crippen LogP contribution in [0.15, 0.2) is 24.3 Å². The first-order valence-electron chi connectivity index (χ1n) is 7.44. The molecule has 4 heteroatoms. The zero-order chi connectivity index (χ0) is 15.8. The molecule has 1 saturated carbocycles. The first-order chi connectivity index (χ1) is 9.66. The van der Waals surface area contributed by atoms with E-state index in [1.54, 1.807) is 18.2 Å². The lowest BCUT2D eigenvalue weighted by Gasteiger charge is -2.16. The van der Waals surface area contributed by atoms with Crippen LogP contribution in [0, 0.1) is 16.7 Å². The normalized spacial score (nSPS) is 21.3. The van der Waals surface area contributed by atoms with Crippen LogP contribution in [0.5, 0.6) is 5.75 Å². The fraction of sp³-hybridized carbons (Fsp3) is 0.647. The Hall–Kier alpha value is -1.16. The molecule has 1 fully saturated rings. The highest BCUT2D eigenvalue weighted by atomic mass is 19.3. The SMILES string of the molecule is CC(NCC1C(C)(C)C1(C)C)c1cccc(OC(F)F)c1. The molecule has 0 aromatic heterocycles. The van der Waals surface area contributed by atoms with Crippen molar-refractivity contribution >= 4 is 0 Å². The fourth-order valence-electron chi connectivity index (χ4n) is 3.22. The minimum absolute atomic E-state index is 0.110. The number of rotatable bonds is 6. The average Bonchev–Trinajstić information content (AvgIpc) is 2.76. The van der Waals surface area contributed by atoms with Gasteiger partial charge in [-0.15, -0.1) is 0 Å². The smallest absolute Gasteiger partial charge is 0.387 e. The Balaban J connectivity index is 1.94. The number of hydrogen-bond acceptors (Lipinski definition) is 2. The van der Waals surface area contributed by atoms with E-state index in [4.69, 9.17) is 0 Å². The van der Waals surface area contributed by atoms with E-state index in [-0.39, 0.29) is 11.8 Å². The largest absolute Gasteiger partial charge is 0.435 e. The van der Waals surface area contributed by atoms with Crippen molar-refractivity contribution in [3.05, 3.63) is 29.8 Å². The predicted octanol–water partition coefficient (Wildman–Crippen LogP) is 4.62. The van der Waals surface area contributed by atoms with Crippen LogP contribution in [0.1, 0.15) is 46.2 Å². The van der Waals surface area contributed by atoms with E-state index in [2.05, 4.69) is 37.7 Å². The van der Waals surface area contributed by atoms with Gasteiger partial charge in [0.15, 0.2) is 0 Å². The van der Waals surface area contributed by atoms with Crippen LogP contribution in [-0.2, 0) is 0 Å². The third-order valence-electron chi connectivity index (χ3n) is 5.53. The molecule has 0 amide bonds. The van der Waals surface area contributed by atoms with Crippen molar-refractivity contribution in [2.75, 3.05) is 6.54 Å². The zero-order valence-electron chi connectivity index (χ0n) is 13.4. The highest BCUT2D eigenvalue weighted by Gasteiger charge is 2.63. The zero-order valence-corrected chi connectivity index (χ0v) is 13.4. The fourth-order valence-corrected chi connectivity index (χ4v) is 3.22. The lowest BCUT2D eigenvalue weighted by Crippen LogP contribution is -2.23. The van der Waals surface area contributed by atoms with Crippen molar-refractivity contribution in [1.29, 1.82) is 0 Å². The molecule has 1 atom stereocenters. The van der Waals surface area contributed by atoms with E-state index in [1.165, 1.54) is 0 Å². The Kier molecular flexibility index (Phi) is 4.29. The molecule has 21 heavy (non-hydrogen) atoms. The molecule has 118 valence electrons. The molecule has 2 nitrogen and oxygen atoms in total. The van der Waals surface area contributed by atoms with Gasteiger partial charge in [0.25, 0.3) is 0 Å². The molecule has 1 unspecified atom stereocenters. The summed E-state index contributed by atoms with van der Waals surface area (Å²) in [5.41, 5.74) is 1.66. The maximum Gasteiger partial charge on any atom is 0.387 e. The van der Waals surface area contributed by atoms with Crippen LogP contribution < -0.4 is 10.1 Å². The van der Waals surface area contributed by atoms with Gasteiger partial charge in [0, 0.05) is 6.04 Å². The molecule has 0 spiro atoms. The van der Waals surface area contributed by atoms with Crippen LogP contribution in [0.2, 0.25) is 0 Å². The van der Waals surface area contributed by atoms with Crippen LogP contribution >= 0.6 is 0 Å². The summed E-state index contributed by atoms with van der Waals surface area (Å²) in [5.74, 6) is 0.844. The Morgan fingerprint density at radius 1 is 1.19 bits per heavy atom. The second-order valence-corrected chi connectivity index (χ2v) is 7.08. The second-order valence-electron chi connectivity index (χ2n) is 7.08. The summed E-state index contributed by atoms with van der Waals surface area (Å²) in [6.07, 6.45) is 0. The van der Waals surface area contributed by atoms with Gasteiger partial charge in [-0.1, -0.05) is 39.8 Å². The molecule has 1 aliphatic carbocycles. The number of hydrogen-bond donors (Lipinski definition) is 1. The van der Waals surface area contributed by atoms with Crippen LogP contribution in [0.4, 0.5) is 8.78 Å². The van der Waals surface area contributed by atoms with E-state index in [1.807, 2.05) is 13.0 Å². The predicted molar refractivity (Wildman–Crippen MR) is 80.5 cm³/mol. The Morgan fingerprint density at radius 2 is 1.81 bits per heavy atom. The molecule has 0 aliphatic heterocycles. The van der Waals surface area contributed by atoms with Crippen molar-refractivity contribution in [1.82, 2.24) is 5.32 Å². The highest BCUT2D eigenvalue weighted by Crippen LogP contribution is 2.68. The quantitative estimate of drug-likeness (QED) is 0.827. The molecular weight excluding hydrogens is 272 g/mol. The van der Waals surface area contributed by atoms with E-state index in [0.717, 1.165) is 12.1 Å². The summed E-state index contributed by atoms with van der Waals surface area (Å²) in [5, 5.41) is 3.51. The summed E-state index contributed by atoms with van der Waals surface area (Å²) >= 11 is 0. The molecule has 0 bridgehead atoms. The molecule has 2 rings (SSSR count). The topological polar surface area (TPSA) is 21.3 Å². The monoisotopic (exact) mass is 297 g/mol. The lowest BCUT2D eigenvalue weighted by molar-refractivity contribution is -0.0499. The molecule has 0 heterocycles. The van der Waals surface area contributed by atoms with Gasteiger partial charge < -0.3 is 10.1 Å². The van der Waals surface area contributed by atoms with Gasteiger partial charge in [0.05, 0.1) is 0 Å². The third kappa shape index (κ3) is 3.20. The van der Waals surface area contributed by atoms with E-state index < -0.39 is 6.61 Å². The van der Waals surface area contributed by atoms with Crippen LogP contribution in [0.25, 0.3) is 0 Å². The lowest BCUT2D eigenvalue weighted by atomic mass is 10.0. The van der Waals surface area contributed by atoms with Gasteiger partial charge in [0.1, 0.15) is 5.75 Å². The maximum absolute atomic E-state index is 12.2. The standard InChI is InChI=1S/C17H25F2NO/c1-11(20-10-14-16(2,3)17(14,4)5)12-7-6-8-13(9-12)21-15(18)19/h6-9,11,14-15,20H,10H2,1-5H3. The molecule has 1 aromatic carbocycles. The molecule has 1 aliphatic rings. The average molecular weight is 297 g/mol. The molecule has 0 radical (unpaired) electrons. The number of ether oxygens (including phenoxy) is 1. The van der Waals surface area contributed by atoms with Gasteiger partial charge in [-0.05, 0) is 47.9 Å². The number of halogens is 2. The third-order valence-corrected chi connectivity index (χ3v) is 5.53. The van der Waals surface area contributed by atoms with Crippen molar-refractivity contribution in [2.45, 2.75) is 47.3 Å². The maximum atomic E-state index is 12.2. The molecule has 0 saturated heterocycles. The Labute approximate surface area is 125 Å². The first-order valence-corrected chi connectivity index (χ1v) is 7.44. The van der Waals surface area contributed by atoms with Crippen molar-refractivity contribution in [3.8, 4) is 5.75 Å². The van der Waals surface area contributed by atoms with Crippen molar-refractivity contribution in [2.24, 2.45) is 16.7 Å². The van der Waals surface area contributed by atoms with Crippen LogP contribution in [-0.4, -0.2) is 13.2 Å². The summed E-state index contributed by atoms with van der Waals surface area (Å²) in [7, 11) is 0. The Bertz CT molecular complexity index is 485. The summed E-state index contributed by atoms with van der Waals surface area (Å²) in [6, 6.07) is 7.01. The van der Waals surface area contributed by atoms with E-state index in [0.29, 0.717) is 16.7 Å². The summed E-state index contributed by atoms with van der Waals surface area (Å²) < 4.78 is 28.9. The van der Waals surface area contributed by atoms with Crippen LogP contribution in [0.3, 0.4) is 0 Å². The minimum Gasteiger partial charge on any atom is -0.435 e. The van der Waals surface area contributed by atoms with Crippen molar-refractivity contribution < 1.29 is 13.5 Å².